The van der Waals surface area contributed by atoms with E-state index in [9.17, 15) is 0 Å². The molecule has 6 heteroatoms. The Morgan fingerprint density at radius 2 is 1.04 bits per heavy atom. The Balaban J connectivity index is 1.45. The smallest absolute Gasteiger partial charge is 0.264 e. The zero-order chi connectivity index (χ0) is 15.9. The average Bonchev–Trinajstić information content (AvgIpc) is 3.27. The molecule has 0 aromatic heterocycles. The lowest BCUT2D eigenvalue weighted by molar-refractivity contribution is -0.125. The van der Waals surface area contributed by atoms with E-state index >= 15 is 0 Å². The van der Waals surface area contributed by atoms with E-state index in [0.717, 1.165) is 22.8 Å². The molecule has 0 fully saturated rings. The number of hydrogen-bond donors (Lipinski definition) is 0. The fourth-order valence-corrected chi connectivity index (χ4v) is 3.06. The molecule has 2 aromatic rings. The summed E-state index contributed by atoms with van der Waals surface area (Å²) in [5.74, 6) is 1.54. The summed E-state index contributed by atoms with van der Waals surface area (Å²) in [5, 5.41) is 8.48. The third kappa shape index (κ3) is 1.89. The average molecular weight is 318 g/mol. The van der Waals surface area contributed by atoms with Gasteiger partial charge in [0.1, 0.15) is 0 Å². The van der Waals surface area contributed by atoms with Crippen molar-refractivity contribution < 1.29 is 9.68 Å². The summed E-state index contributed by atoms with van der Waals surface area (Å²) in [5.41, 5.74) is 2.00. The minimum absolute atomic E-state index is 0.366. The van der Waals surface area contributed by atoms with E-state index in [2.05, 4.69) is 10.3 Å². The Kier molecular flexibility index (Phi) is 2.82. The Morgan fingerprint density at radius 1 is 0.625 bits per heavy atom. The maximum atomic E-state index is 5.64. The lowest BCUT2D eigenvalue weighted by Crippen LogP contribution is -2.51. The standard InChI is InChI=1S/C18H14N4O2/c1-3-7-13(8-4-1)15-19-23-17-18-22(12-11-21(15)17)16(20-24-18)14-9-5-2-6-10-14/h1-12,17-18H/t17-,18-/m0/s1. The normalized spacial score (nSPS) is 23.8. The number of hydrogen-bond acceptors (Lipinski definition) is 6. The van der Waals surface area contributed by atoms with Crippen LogP contribution in [0.5, 0.6) is 0 Å². The zero-order valence-electron chi connectivity index (χ0n) is 12.7. The number of rotatable bonds is 2. The highest BCUT2D eigenvalue weighted by atomic mass is 16.7. The van der Waals surface area contributed by atoms with E-state index in [1.54, 1.807) is 0 Å². The Morgan fingerprint density at radius 3 is 1.46 bits per heavy atom. The molecule has 0 saturated heterocycles. The number of amidine groups is 2. The molecule has 3 aliphatic rings. The van der Waals surface area contributed by atoms with Crippen molar-refractivity contribution in [1.29, 1.82) is 0 Å². The highest BCUT2D eigenvalue weighted by Crippen LogP contribution is 2.32. The van der Waals surface area contributed by atoms with Gasteiger partial charge in [-0.05, 0) is 0 Å². The van der Waals surface area contributed by atoms with Gasteiger partial charge in [0.2, 0.25) is 0 Å². The molecular formula is C18H14N4O2. The number of oxime groups is 2. The minimum atomic E-state index is -0.366. The van der Waals surface area contributed by atoms with Gasteiger partial charge in [-0.1, -0.05) is 71.0 Å². The Bertz CT molecular complexity index is 776. The summed E-state index contributed by atoms with van der Waals surface area (Å²) in [6, 6.07) is 19.9. The van der Waals surface area contributed by atoms with E-state index in [0.29, 0.717) is 0 Å². The SMILES string of the molecule is C1=CN2C(c3ccccc3)=NO[C@H]2[C@@H]2ON=C(c3ccccc3)N12. The maximum Gasteiger partial charge on any atom is 0.264 e. The van der Waals surface area contributed by atoms with Gasteiger partial charge < -0.3 is 9.68 Å². The summed E-state index contributed by atoms with van der Waals surface area (Å²) in [7, 11) is 0. The summed E-state index contributed by atoms with van der Waals surface area (Å²) >= 11 is 0. The van der Waals surface area contributed by atoms with E-state index in [4.69, 9.17) is 9.68 Å². The molecule has 6 nitrogen and oxygen atoms in total. The van der Waals surface area contributed by atoms with Crippen LogP contribution in [0.15, 0.2) is 83.4 Å². The van der Waals surface area contributed by atoms with E-state index in [1.165, 1.54) is 0 Å². The molecule has 0 N–H and O–H groups in total. The second-order valence-electron chi connectivity index (χ2n) is 5.67. The van der Waals surface area contributed by atoms with Crippen LogP contribution in [0.3, 0.4) is 0 Å². The maximum absolute atomic E-state index is 5.64. The number of benzene rings is 2. The summed E-state index contributed by atoms with van der Waals surface area (Å²) in [6.07, 6.45) is 3.17. The van der Waals surface area contributed by atoms with Crippen LogP contribution in [0.25, 0.3) is 0 Å². The Labute approximate surface area is 138 Å². The molecule has 2 atom stereocenters. The molecular weight excluding hydrogens is 304 g/mol. The van der Waals surface area contributed by atoms with E-state index in [1.807, 2.05) is 82.9 Å². The second kappa shape index (κ2) is 5.13. The molecule has 0 spiro atoms. The molecule has 0 bridgehead atoms. The monoisotopic (exact) mass is 318 g/mol. The predicted molar refractivity (Wildman–Crippen MR) is 88.5 cm³/mol. The van der Waals surface area contributed by atoms with Crippen molar-refractivity contribution in [1.82, 2.24) is 9.80 Å². The van der Waals surface area contributed by atoms with Gasteiger partial charge in [-0.15, -0.1) is 0 Å². The molecule has 5 rings (SSSR count). The van der Waals surface area contributed by atoms with Crippen molar-refractivity contribution in [3.05, 3.63) is 84.2 Å². The first-order valence-corrected chi connectivity index (χ1v) is 7.75. The number of fused-ring (bicyclic) bond motifs is 3. The molecule has 0 saturated carbocycles. The first kappa shape index (κ1) is 13.2. The van der Waals surface area contributed by atoms with E-state index in [-0.39, 0.29) is 12.5 Å². The molecule has 0 amide bonds. The van der Waals surface area contributed by atoms with Crippen LogP contribution in [0.2, 0.25) is 0 Å². The van der Waals surface area contributed by atoms with Gasteiger partial charge in [0, 0.05) is 23.5 Å². The highest BCUT2D eigenvalue weighted by Gasteiger charge is 2.47. The van der Waals surface area contributed by atoms with Crippen LogP contribution >= 0.6 is 0 Å². The fraction of sp³-hybridized carbons (Fsp3) is 0.111. The van der Waals surface area contributed by atoms with Crippen molar-refractivity contribution in [2.24, 2.45) is 10.3 Å². The van der Waals surface area contributed by atoms with Gasteiger partial charge in [0.15, 0.2) is 11.7 Å². The van der Waals surface area contributed by atoms with Crippen molar-refractivity contribution in [3.63, 3.8) is 0 Å². The molecule has 2 aromatic carbocycles. The lowest BCUT2D eigenvalue weighted by atomic mass is 10.1. The van der Waals surface area contributed by atoms with Gasteiger partial charge in [-0.25, -0.2) is 0 Å². The molecule has 0 radical (unpaired) electrons. The van der Waals surface area contributed by atoms with Crippen LogP contribution in [-0.4, -0.2) is 33.9 Å². The summed E-state index contributed by atoms with van der Waals surface area (Å²) < 4.78 is 0. The largest absolute Gasteiger partial charge is 0.362 e. The van der Waals surface area contributed by atoms with Gasteiger partial charge in [0.05, 0.1) is 0 Å². The first-order chi connectivity index (χ1) is 11.9. The van der Waals surface area contributed by atoms with Crippen molar-refractivity contribution in [3.8, 4) is 0 Å². The van der Waals surface area contributed by atoms with Crippen LogP contribution < -0.4 is 0 Å². The first-order valence-electron chi connectivity index (χ1n) is 7.75. The van der Waals surface area contributed by atoms with Gasteiger partial charge in [-0.3, -0.25) is 9.80 Å². The quantitative estimate of drug-likeness (QED) is 0.854. The lowest BCUT2D eigenvalue weighted by Gasteiger charge is -2.33. The van der Waals surface area contributed by atoms with Crippen molar-refractivity contribution in [2.75, 3.05) is 0 Å². The van der Waals surface area contributed by atoms with Crippen LogP contribution in [-0.2, 0) is 9.68 Å². The van der Waals surface area contributed by atoms with Crippen LogP contribution in [0.4, 0.5) is 0 Å². The van der Waals surface area contributed by atoms with Gasteiger partial charge in [-0.2, -0.15) is 0 Å². The van der Waals surface area contributed by atoms with Crippen molar-refractivity contribution >= 4 is 11.7 Å². The van der Waals surface area contributed by atoms with Gasteiger partial charge >= 0.3 is 0 Å². The molecule has 0 unspecified atom stereocenters. The molecule has 0 aliphatic carbocycles. The number of nitrogens with zero attached hydrogens (tertiary/aromatic N) is 4. The minimum Gasteiger partial charge on any atom is -0.362 e. The summed E-state index contributed by atoms with van der Waals surface area (Å²) in [6.45, 7) is 0. The summed E-state index contributed by atoms with van der Waals surface area (Å²) in [4.78, 5) is 15.2. The third-order valence-corrected chi connectivity index (χ3v) is 4.23. The molecule has 3 heterocycles. The second-order valence-corrected chi connectivity index (χ2v) is 5.67. The van der Waals surface area contributed by atoms with Crippen LogP contribution in [0.1, 0.15) is 11.1 Å². The molecule has 24 heavy (non-hydrogen) atoms. The molecule has 3 aliphatic heterocycles. The predicted octanol–water partition coefficient (Wildman–Crippen LogP) is 2.51. The highest BCUT2D eigenvalue weighted by molar-refractivity contribution is 6.02. The fourth-order valence-electron chi connectivity index (χ4n) is 3.06. The van der Waals surface area contributed by atoms with Crippen molar-refractivity contribution in [2.45, 2.75) is 12.5 Å². The Hall–Kier alpha value is -3.28. The third-order valence-electron chi connectivity index (χ3n) is 4.23. The van der Waals surface area contributed by atoms with Crippen LogP contribution in [0, 0.1) is 0 Å². The van der Waals surface area contributed by atoms with Gasteiger partial charge in [0.25, 0.3) is 12.5 Å². The molecule has 118 valence electrons. The topological polar surface area (TPSA) is 49.7 Å². The zero-order valence-corrected chi connectivity index (χ0v) is 12.7. The van der Waals surface area contributed by atoms with E-state index < -0.39 is 0 Å².